The first-order chi connectivity index (χ1) is 22.6. The van der Waals surface area contributed by atoms with Crippen LogP contribution in [0.4, 0.5) is 4.79 Å². The summed E-state index contributed by atoms with van der Waals surface area (Å²) in [6, 6.07) is 11.8. The second-order valence-corrected chi connectivity index (χ2v) is 13.1. The van der Waals surface area contributed by atoms with Crippen molar-refractivity contribution in [3.63, 3.8) is 0 Å². The zero-order chi connectivity index (χ0) is 33.6. The van der Waals surface area contributed by atoms with Crippen LogP contribution in [0.5, 0.6) is 5.88 Å². The maximum absolute atomic E-state index is 14.0. The Morgan fingerprint density at radius 3 is 2.30 bits per heavy atom. The number of aliphatic hydroxyl groups excluding tert-OH is 1. The molecule has 1 fully saturated rings. The highest BCUT2D eigenvalue weighted by molar-refractivity contribution is 5.91. The maximum Gasteiger partial charge on any atom is 0.408 e. The Labute approximate surface area is 276 Å². The van der Waals surface area contributed by atoms with E-state index in [0.29, 0.717) is 23.9 Å². The third-order valence-electron chi connectivity index (χ3n) is 8.05. The number of H-pyrrole nitrogens is 1. The molecule has 0 radical (unpaired) electrons. The van der Waals surface area contributed by atoms with Gasteiger partial charge in [-0.15, -0.1) is 0 Å². The standard InChI is InChI=1S/C35H48N6O6/c1-35(2,3)47-34(45)41-28(19-25-14-8-5-9-15-25)32(43)40-29(20-26-21-36-23-38-26)33(44)39-27(18-24-12-6-4-7-13-24)30(42)22-46-31-16-10-11-17-37-31/h5,8-11,14-17,21,23-24,27-30,42H,4,6-7,12-13,18-20,22H2,1-3H3,(H,36,38)(H,39,44)(H,40,43)(H,41,45)/t27-,28-,29-,30-/m0/s1. The molecule has 4 atom stereocenters. The number of benzene rings is 1. The number of ether oxygens (including phenoxy) is 2. The summed E-state index contributed by atoms with van der Waals surface area (Å²) in [4.78, 5) is 51.8. The molecule has 0 saturated heterocycles. The van der Waals surface area contributed by atoms with Crippen molar-refractivity contribution in [1.82, 2.24) is 30.9 Å². The first-order valence-corrected chi connectivity index (χ1v) is 16.4. The van der Waals surface area contributed by atoms with E-state index in [4.69, 9.17) is 9.47 Å². The van der Waals surface area contributed by atoms with E-state index in [1.165, 1.54) is 12.7 Å². The van der Waals surface area contributed by atoms with Gasteiger partial charge < -0.3 is 35.5 Å². The molecule has 12 heteroatoms. The van der Waals surface area contributed by atoms with E-state index >= 15 is 0 Å². The van der Waals surface area contributed by atoms with Crippen molar-refractivity contribution in [2.24, 2.45) is 5.92 Å². The van der Waals surface area contributed by atoms with Gasteiger partial charge in [-0.3, -0.25) is 9.59 Å². The predicted molar refractivity (Wildman–Crippen MR) is 176 cm³/mol. The van der Waals surface area contributed by atoms with Gasteiger partial charge in [-0.1, -0.05) is 68.5 Å². The Kier molecular flexibility index (Phi) is 13.2. The molecule has 0 spiro atoms. The minimum atomic E-state index is -1.04. The van der Waals surface area contributed by atoms with E-state index in [1.807, 2.05) is 30.3 Å². The van der Waals surface area contributed by atoms with E-state index in [0.717, 1.165) is 31.2 Å². The Morgan fingerprint density at radius 1 is 0.936 bits per heavy atom. The van der Waals surface area contributed by atoms with Crippen LogP contribution in [0.3, 0.4) is 0 Å². The number of hydrogen-bond donors (Lipinski definition) is 5. The SMILES string of the molecule is CC(C)(C)OC(=O)N[C@@H](Cc1ccccc1)C(=O)N[C@@H](Cc1cnc[nH]1)C(=O)N[C@@H](CC1CCCCC1)[C@@H](O)COc1ccccn1. The molecule has 1 aromatic carbocycles. The van der Waals surface area contributed by atoms with Gasteiger partial charge in [0.2, 0.25) is 17.7 Å². The fourth-order valence-electron chi connectivity index (χ4n) is 5.70. The van der Waals surface area contributed by atoms with E-state index in [1.54, 1.807) is 51.4 Å². The molecule has 0 bridgehead atoms. The normalized spacial score (nSPS) is 16.3. The van der Waals surface area contributed by atoms with Crippen molar-refractivity contribution < 1.29 is 29.0 Å². The lowest BCUT2D eigenvalue weighted by Crippen LogP contribution is -2.58. The molecule has 1 saturated carbocycles. The summed E-state index contributed by atoms with van der Waals surface area (Å²) in [5.74, 6) is -0.309. The number of aliphatic hydroxyl groups is 1. The van der Waals surface area contributed by atoms with Crippen molar-refractivity contribution in [1.29, 1.82) is 0 Å². The third-order valence-corrected chi connectivity index (χ3v) is 8.05. The number of carbonyl (C=O) groups is 3. The molecular weight excluding hydrogens is 600 g/mol. The van der Waals surface area contributed by atoms with Crippen LogP contribution in [0.1, 0.15) is 70.6 Å². The number of amides is 3. The molecule has 254 valence electrons. The van der Waals surface area contributed by atoms with Gasteiger partial charge in [-0.25, -0.2) is 14.8 Å². The summed E-state index contributed by atoms with van der Waals surface area (Å²) >= 11 is 0. The lowest BCUT2D eigenvalue weighted by molar-refractivity contribution is -0.131. The van der Waals surface area contributed by atoms with E-state index < -0.39 is 47.7 Å². The Bertz CT molecular complexity index is 1380. The average Bonchev–Trinajstić information content (AvgIpc) is 3.56. The molecule has 3 amide bonds. The van der Waals surface area contributed by atoms with Crippen LogP contribution in [0.15, 0.2) is 67.3 Å². The summed E-state index contributed by atoms with van der Waals surface area (Å²) in [5.41, 5.74) is 0.685. The number of imidazole rings is 1. The molecule has 0 aliphatic heterocycles. The summed E-state index contributed by atoms with van der Waals surface area (Å²) in [7, 11) is 0. The second-order valence-electron chi connectivity index (χ2n) is 13.1. The molecule has 5 N–H and O–H groups in total. The van der Waals surface area contributed by atoms with Gasteiger partial charge in [0, 0.05) is 37.0 Å². The zero-order valence-electron chi connectivity index (χ0n) is 27.5. The van der Waals surface area contributed by atoms with Crippen molar-refractivity contribution in [2.45, 2.75) is 102 Å². The van der Waals surface area contributed by atoms with E-state index in [9.17, 15) is 19.5 Å². The summed E-state index contributed by atoms with van der Waals surface area (Å²) in [6.45, 7) is 5.15. The van der Waals surface area contributed by atoms with Crippen molar-refractivity contribution in [3.05, 3.63) is 78.5 Å². The predicted octanol–water partition coefficient (Wildman–Crippen LogP) is 3.86. The van der Waals surface area contributed by atoms with Crippen molar-refractivity contribution in [2.75, 3.05) is 6.61 Å². The number of alkyl carbamates (subject to hydrolysis) is 1. The second kappa shape index (κ2) is 17.5. The number of pyridine rings is 1. The van der Waals surface area contributed by atoms with Crippen LogP contribution in [0, 0.1) is 5.92 Å². The highest BCUT2D eigenvalue weighted by atomic mass is 16.6. The van der Waals surface area contributed by atoms with Gasteiger partial charge in [0.1, 0.15) is 30.4 Å². The highest BCUT2D eigenvalue weighted by Crippen LogP contribution is 2.28. The van der Waals surface area contributed by atoms with Crippen molar-refractivity contribution >= 4 is 17.9 Å². The largest absolute Gasteiger partial charge is 0.475 e. The van der Waals surface area contributed by atoms with Crippen LogP contribution in [-0.2, 0) is 27.2 Å². The van der Waals surface area contributed by atoms with Gasteiger partial charge in [-0.05, 0) is 44.7 Å². The summed E-state index contributed by atoms with van der Waals surface area (Å²) < 4.78 is 11.2. The molecule has 12 nitrogen and oxygen atoms in total. The Hall–Kier alpha value is -4.45. The minimum Gasteiger partial charge on any atom is -0.475 e. The molecule has 1 aliphatic carbocycles. The van der Waals surface area contributed by atoms with Gasteiger partial charge in [0.25, 0.3) is 0 Å². The highest BCUT2D eigenvalue weighted by Gasteiger charge is 2.33. The fourth-order valence-corrected chi connectivity index (χ4v) is 5.70. The molecule has 0 unspecified atom stereocenters. The van der Waals surface area contributed by atoms with Gasteiger partial charge in [0.05, 0.1) is 12.4 Å². The number of aromatic nitrogens is 3. The van der Waals surface area contributed by atoms with Gasteiger partial charge in [-0.2, -0.15) is 0 Å². The van der Waals surface area contributed by atoms with Crippen LogP contribution in [0.2, 0.25) is 0 Å². The van der Waals surface area contributed by atoms with Crippen LogP contribution < -0.4 is 20.7 Å². The number of aromatic amines is 1. The van der Waals surface area contributed by atoms with E-state index in [2.05, 4.69) is 30.9 Å². The average molecular weight is 649 g/mol. The maximum atomic E-state index is 14.0. The lowest BCUT2D eigenvalue weighted by Gasteiger charge is -2.31. The van der Waals surface area contributed by atoms with Crippen molar-refractivity contribution in [3.8, 4) is 5.88 Å². The summed E-state index contributed by atoms with van der Waals surface area (Å²) in [5, 5.41) is 19.9. The lowest BCUT2D eigenvalue weighted by atomic mass is 9.83. The van der Waals surface area contributed by atoms with Crippen LogP contribution >= 0.6 is 0 Å². The zero-order valence-corrected chi connectivity index (χ0v) is 27.5. The topological polar surface area (TPSA) is 168 Å². The minimum absolute atomic E-state index is 0.0643. The van der Waals surface area contributed by atoms with Gasteiger partial charge >= 0.3 is 6.09 Å². The van der Waals surface area contributed by atoms with Gasteiger partial charge in [0.15, 0.2) is 0 Å². The molecule has 47 heavy (non-hydrogen) atoms. The number of nitrogens with zero attached hydrogens (tertiary/aromatic N) is 2. The third kappa shape index (κ3) is 12.3. The molecule has 4 rings (SSSR count). The van der Waals surface area contributed by atoms with E-state index in [-0.39, 0.29) is 19.4 Å². The van der Waals surface area contributed by atoms with Crippen LogP contribution in [-0.4, -0.2) is 74.4 Å². The number of rotatable bonds is 15. The first-order valence-electron chi connectivity index (χ1n) is 16.4. The molecule has 1 aliphatic rings. The fraction of sp³-hybridized carbons (Fsp3) is 0.514. The number of carbonyl (C=O) groups excluding carboxylic acids is 3. The molecule has 3 aromatic rings. The monoisotopic (exact) mass is 648 g/mol. The quantitative estimate of drug-likeness (QED) is 0.166. The Balaban J connectivity index is 1.52. The first kappa shape index (κ1) is 35.4. The number of hydrogen-bond acceptors (Lipinski definition) is 8. The number of nitrogens with one attached hydrogen (secondary N) is 4. The molecule has 2 heterocycles. The molecular formula is C35H48N6O6. The van der Waals surface area contributed by atoms with Crippen LogP contribution in [0.25, 0.3) is 0 Å². The summed E-state index contributed by atoms with van der Waals surface area (Å²) in [6.07, 6.45) is 9.22. The Morgan fingerprint density at radius 2 is 1.64 bits per heavy atom. The molecule has 2 aromatic heterocycles. The smallest absolute Gasteiger partial charge is 0.408 e.